The molecule has 0 saturated heterocycles. The molecule has 10 aromatic carbocycles. The molecule has 0 aliphatic carbocycles. The summed E-state index contributed by atoms with van der Waals surface area (Å²) in [5, 5.41) is 7.50. The average Bonchev–Trinajstić information content (AvgIpc) is 3.65. The smallest absolute Gasteiger partial charge is 0.0547 e. The highest BCUT2D eigenvalue weighted by molar-refractivity contribution is 6.25. The summed E-state index contributed by atoms with van der Waals surface area (Å²) in [7, 11) is 0. The summed E-state index contributed by atoms with van der Waals surface area (Å²) in [4.78, 5) is 2.42. The minimum absolute atomic E-state index is 1.11. The summed E-state index contributed by atoms with van der Waals surface area (Å²) >= 11 is 0. The number of hydrogen-bond donors (Lipinski definition) is 0. The number of nitrogens with zero attached hydrogens (tertiary/aromatic N) is 2. The first-order chi connectivity index (χ1) is 28.8. The van der Waals surface area contributed by atoms with Gasteiger partial charge in [-0.1, -0.05) is 182 Å². The predicted molar refractivity (Wildman–Crippen MR) is 247 cm³/mol. The van der Waals surface area contributed by atoms with E-state index in [4.69, 9.17) is 0 Å². The van der Waals surface area contributed by atoms with E-state index < -0.39 is 0 Å². The first kappa shape index (κ1) is 33.6. The molecule has 0 bridgehead atoms. The van der Waals surface area contributed by atoms with Crippen LogP contribution in [0.15, 0.2) is 231 Å². The number of para-hydroxylation sites is 3. The summed E-state index contributed by atoms with van der Waals surface area (Å²) in [5.74, 6) is 0. The molecular weight excluding hydrogens is 701 g/mol. The van der Waals surface area contributed by atoms with Crippen LogP contribution in [0.3, 0.4) is 0 Å². The second kappa shape index (κ2) is 14.1. The van der Waals surface area contributed by atoms with Crippen molar-refractivity contribution in [2.75, 3.05) is 4.90 Å². The highest BCUT2D eigenvalue weighted by Crippen LogP contribution is 2.46. The Morgan fingerprint density at radius 1 is 0.293 bits per heavy atom. The zero-order valence-electron chi connectivity index (χ0n) is 31.8. The number of rotatable bonds is 7. The second-order valence-corrected chi connectivity index (χ2v) is 14.9. The number of hydrogen-bond acceptors (Lipinski definition) is 1. The van der Waals surface area contributed by atoms with Gasteiger partial charge >= 0.3 is 0 Å². The lowest BCUT2D eigenvalue weighted by atomic mass is 9.94. The summed E-state index contributed by atoms with van der Waals surface area (Å²) in [6.45, 7) is 0. The van der Waals surface area contributed by atoms with Gasteiger partial charge in [-0.2, -0.15) is 0 Å². The van der Waals surface area contributed by atoms with E-state index in [0.717, 1.165) is 33.9 Å². The topological polar surface area (TPSA) is 8.17 Å². The van der Waals surface area contributed by atoms with E-state index in [1.807, 2.05) is 0 Å². The van der Waals surface area contributed by atoms with Crippen LogP contribution >= 0.6 is 0 Å². The van der Waals surface area contributed by atoms with Gasteiger partial charge in [0.2, 0.25) is 0 Å². The van der Waals surface area contributed by atoms with Gasteiger partial charge in [-0.3, -0.25) is 0 Å². The lowest BCUT2D eigenvalue weighted by Crippen LogP contribution is -2.11. The maximum atomic E-state index is 2.43. The van der Waals surface area contributed by atoms with E-state index in [1.165, 1.54) is 65.6 Å². The van der Waals surface area contributed by atoms with Crippen LogP contribution in [-0.2, 0) is 0 Å². The quantitative estimate of drug-likeness (QED) is 0.158. The fourth-order valence-electron chi connectivity index (χ4n) is 9.01. The van der Waals surface area contributed by atoms with Crippen molar-refractivity contribution in [3.8, 4) is 39.1 Å². The van der Waals surface area contributed by atoms with Crippen LogP contribution in [0.4, 0.5) is 17.1 Å². The highest BCUT2D eigenvalue weighted by atomic mass is 15.1. The number of anilines is 3. The van der Waals surface area contributed by atoms with E-state index >= 15 is 0 Å². The molecule has 11 rings (SSSR count). The Kier molecular flexibility index (Phi) is 8.19. The van der Waals surface area contributed by atoms with E-state index in [1.54, 1.807) is 0 Å². The first-order valence-corrected chi connectivity index (χ1v) is 19.9. The minimum atomic E-state index is 1.11. The van der Waals surface area contributed by atoms with Crippen LogP contribution < -0.4 is 4.90 Å². The molecule has 0 amide bonds. The van der Waals surface area contributed by atoms with Crippen LogP contribution in [0.5, 0.6) is 0 Å². The molecule has 0 fully saturated rings. The molecule has 1 heterocycles. The highest BCUT2D eigenvalue weighted by Gasteiger charge is 2.21. The normalized spacial score (nSPS) is 11.4. The second-order valence-electron chi connectivity index (χ2n) is 14.9. The molecule has 58 heavy (non-hydrogen) atoms. The van der Waals surface area contributed by atoms with Crippen molar-refractivity contribution in [2.24, 2.45) is 0 Å². The molecule has 2 heteroatoms. The molecule has 1 aromatic heterocycles. The lowest BCUT2D eigenvalue weighted by molar-refractivity contribution is 1.18. The third-order valence-electron chi connectivity index (χ3n) is 11.6. The van der Waals surface area contributed by atoms with Crippen LogP contribution in [0, 0.1) is 0 Å². The van der Waals surface area contributed by atoms with E-state index in [-0.39, 0.29) is 0 Å². The Balaban J connectivity index is 1.07. The van der Waals surface area contributed by atoms with Crippen LogP contribution in [0.2, 0.25) is 0 Å². The molecule has 272 valence electrons. The maximum absolute atomic E-state index is 2.43. The predicted octanol–water partition coefficient (Wildman–Crippen LogP) is 15.6. The SMILES string of the molecule is c1ccc(-c2ccc(N(c3ccccc3)c3ccccc3-c3ccc(-n4c5ccccc5c5c6c(-c7ccccc7)cccc6ccc54)cc3)c3ccccc23)cc1. The van der Waals surface area contributed by atoms with Gasteiger partial charge in [-0.25, -0.2) is 0 Å². The molecule has 0 N–H and O–H groups in total. The summed E-state index contributed by atoms with van der Waals surface area (Å²) < 4.78 is 2.43. The molecule has 0 unspecified atom stereocenters. The van der Waals surface area contributed by atoms with Crippen molar-refractivity contribution >= 4 is 60.4 Å². The lowest BCUT2D eigenvalue weighted by Gasteiger charge is -2.29. The minimum Gasteiger partial charge on any atom is -0.309 e. The molecule has 0 saturated carbocycles. The molecule has 0 aliphatic heterocycles. The molecule has 0 spiro atoms. The van der Waals surface area contributed by atoms with Gasteiger partial charge in [0.1, 0.15) is 0 Å². The zero-order chi connectivity index (χ0) is 38.4. The van der Waals surface area contributed by atoms with Gasteiger partial charge in [0.05, 0.1) is 22.4 Å². The molecule has 0 aliphatic rings. The average molecular weight is 739 g/mol. The fraction of sp³-hybridized carbons (Fsp3) is 0. The third kappa shape index (κ3) is 5.57. The van der Waals surface area contributed by atoms with E-state index in [0.29, 0.717) is 0 Å². The largest absolute Gasteiger partial charge is 0.309 e. The van der Waals surface area contributed by atoms with Crippen molar-refractivity contribution in [3.63, 3.8) is 0 Å². The van der Waals surface area contributed by atoms with Gasteiger partial charge in [-0.15, -0.1) is 0 Å². The van der Waals surface area contributed by atoms with E-state index in [2.05, 4.69) is 240 Å². The van der Waals surface area contributed by atoms with Gasteiger partial charge in [-0.05, 0) is 92.5 Å². The van der Waals surface area contributed by atoms with Crippen molar-refractivity contribution in [3.05, 3.63) is 231 Å². The summed E-state index contributed by atoms with van der Waals surface area (Å²) in [6.07, 6.45) is 0. The van der Waals surface area contributed by atoms with Gasteiger partial charge in [0, 0.05) is 33.1 Å². The Hall–Kier alpha value is -7.68. The molecular formula is C56H38N2. The first-order valence-electron chi connectivity index (χ1n) is 19.9. The molecule has 11 aromatic rings. The summed E-state index contributed by atoms with van der Waals surface area (Å²) in [5.41, 5.74) is 14.1. The molecule has 0 radical (unpaired) electrons. The monoisotopic (exact) mass is 738 g/mol. The Labute approximate surface area is 338 Å². The maximum Gasteiger partial charge on any atom is 0.0547 e. The summed E-state index contributed by atoms with van der Waals surface area (Å²) in [6, 6.07) is 83.5. The Morgan fingerprint density at radius 2 is 0.879 bits per heavy atom. The van der Waals surface area contributed by atoms with Crippen LogP contribution in [-0.4, -0.2) is 4.57 Å². The van der Waals surface area contributed by atoms with Crippen molar-refractivity contribution in [1.29, 1.82) is 0 Å². The number of fused-ring (bicyclic) bond motifs is 6. The van der Waals surface area contributed by atoms with E-state index in [9.17, 15) is 0 Å². The Bertz CT molecular complexity index is 3250. The Morgan fingerprint density at radius 3 is 1.64 bits per heavy atom. The zero-order valence-corrected chi connectivity index (χ0v) is 31.8. The van der Waals surface area contributed by atoms with Crippen molar-refractivity contribution in [2.45, 2.75) is 0 Å². The standard InChI is InChI=1S/C56H38N2/c1-4-17-39(18-5-1)45-36-38-53(49-26-11-10-25-48(45)49)57(43-22-8-3-9-23-43)51-29-14-12-24-46(51)41-31-34-44(35-32-41)58-52-30-15-13-27-50(52)56-54(58)37-33-42-21-16-28-47(55(42)56)40-19-6-2-7-20-40/h1-38H. The van der Waals surface area contributed by atoms with Crippen LogP contribution in [0.25, 0.3) is 82.4 Å². The fourth-order valence-corrected chi connectivity index (χ4v) is 9.01. The van der Waals surface area contributed by atoms with Crippen molar-refractivity contribution < 1.29 is 0 Å². The number of aromatic nitrogens is 1. The molecule has 2 nitrogen and oxygen atoms in total. The van der Waals surface area contributed by atoms with Gasteiger partial charge < -0.3 is 9.47 Å². The van der Waals surface area contributed by atoms with Gasteiger partial charge in [0.15, 0.2) is 0 Å². The molecule has 0 atom stereocenters. The van der Waals surface area contributed by atoms with Crippen LogP contribution in [0.1, 0.15) is 0 Å². The van der Waals surface area contributed by atoms with Crippen molar-refractivity contribution in [1.82, 2.24) is 4.57 Å². The van der Waals surface area contributed by atoms with Gasteiger partial charge in [0.25, 0.3) is 0 Å². The number of benzene rings is 10. The third-order valence-corrected chi connectivity index (χ3v) is 11.6.